The molecule has 0 spiro atoms. The molecule has 15 heteroatoms. The highest BCUT2D eigenvalue weighted by atomic mass is 16.5. The molecule has 4 amide bonds. The van der Waals surface area contributed by atoms with E-state index >= 15 is 0 Å². The number of fused-ring (bicyclic) bond motifs is 2. The number of phenolic OH excluding ortho intramolecular Hbond substituents is 1. The van der Waals surface area contributed by atoms with E-state index in [2.05, 4.69) is 211 Å². The summed E-state index contributed by atoms with van der Waals surface area (Å²) in [5.74, 6) is 1.82. The molecular formula is C85H102N6O9. The second-order valence-electron chi connectivity index (χ2n) is 29.0. The van der Waals surface area contributed by atoms with Gasteiger partial charge in [0.05, 0.1) is 34.0 Å². The van der Waals surface area contributed by atoms with Crippen molar-refractivity contribution in [1.29, 1.82) is 0 Å². The molecule has 15 nitrogen and oxygen atoms in total. The summed E-state index contributed by atoms with van der Waals surface area (Å²) in [5, 5.41) is 23.5. The van der Waals surface area contributed by atoms with Gasteiger partial charge >= 0.3 is 0 Å². The zero-order chi connectivity index (χ0) is 72.8. The quantitative estimate of drug-likeness (QED) is 0.0426. The molecule has 0 aliphatic carbocycles. The number of nitrogens with one attached hydrogen (secondary N) is 5. The first-order valence-corrected chi connectivity index (χ1v) is 34.1. The molecular weight excluding hydrogens is 1250 g/mol. The first-order chi connectivity index (χ1) is 47.4. The number of carbonyl (C=O) groups is 4. The molecule has 6 N–H and O–H groups in total. The second-order valence-corrected chi connectivity index (χ2v) is 29.0. The molecule has 8 aromatic carbocycles. The number of amides is 4. The number of aromatic nitrogens is 2. The van der Waals surface area contributed by atoms with Crippen LogP contribution >= 0.6 is 0 Å². The maximum absolute atomic E-state index is 12.3. The number of anilines is 4. The zero-order valence-corrected chi connectivity index (χ0v) is 61.3. The highest BCUT2D eigenvalue weighted by Crippen LogP contribution is 2.40. The minimum Gasteiger partial charge on any atom is -0.504 e. The number of ether oxygens (including phenoxy) is 4. The Morgan fingerprint density at radius 1 is 0.380 bits per heavy atom. The molecule has 0 aliphatic heterocycles. The zero-order valence-electron chi connectivity index (χ0n) is 61.3. The van der Waals surface area contributed by atoms with Crippen molar-refractivity contribution in [3.05, 3.63) is 239 Å². The van der Waals surface area contributed by atoms with E-state index in [9.17, 15) is 24.3 Å². The van der Waals surface area contributed by atoms with Gasteiger partial charge < -0.3 is 50.3 Å². The van der Waals surface area contributed by atoms with Crippen LogP contribution in [0.4, 0.5) is 22.7 Å². The Bertz CT molecular complexity index is 4280. The van der Waals surface area contributed by atoms with E-state index in [0.29, 0.717) is 72.9 Å². The number of H-pyrrole nitrogens is 1. The summed E-state index contributed by atoms with van der Waals surface area (Å²) in [4.78, 5) is 56.2. The number of hydrogen-bond acceptors (Lipinski definition) is 10. The van der Waals surface area contributed by atoms with Crippen LogP contribution in [-0.4, -0.2) is 67.1 Å². The predicted molar refractivity (Wildman–Crippen MR) is 409 cm³/mol. The van der Waals surface area contributed by atoms with Crippen molar-refractivity contribution in [1.82, 2.24) is 9.97 Å². The van der Waals surface area contributed by atoms with Crippen LogP contribution in [0.1, 0.15) is 153 Å². The molecule has 526 valence electrons. The number of methoxy groups -OCH3 is 4. The largest absolute Gasteiger partial charge is 0.504 e. The molecule has 2 aromatic heterocycles. The molecule has 0 radical (unpaired) electrons. The molecule has 10 rings (SSSR count). The summed E-state index contributed by atoms with van der Waals surface area (Å²) in [5.41, 5.74) is 15.2. The van der Waals surface area contributed by atoms with Gasteiger partial charge in [0.2, 0.25) is 29.4 Å². The predicted octanol–water partition coefficient (Wildman–Crippen LogP) is 19.0. The van der Waals surface area contributed by atoms with Crippen molar-refractivity contribution in [2.75, 3.05) is 49.7 Å². The number of carbonyl (C=O) groups excluding carboxylic acids is 4. The first-order valence-electron chi connectivity index (χ1n) is 34.1. The minimum atomic E-state index is -0.0838. The number of hydrogen-bond donors (Lipinski definition) is 6. The van der Waals surface area contributed by atoms with Gasteiger partial charge in [-0.3, -0.25) is 24.2 Å². The number of nitrogens with zero attached hydrogens (tertiary/aromatic N) is 1. The third kappa shape index (κ3) is 24.0. The molecule has 0 bridgehead atoms. The Labute approximate surface area is 591 Å². The van der Waals surface area contributed by atoms with Crippen molar-refractivity contribution in [2.45, 2.75) is 156 Å². The third-order valence-corrected chi connectivity index (χ3v) is 17.0. The Morgan fingerprint density at radius 3 is 1.09 bits per heavy atom. The summed E-state index contributed by atoms with van der Waals surface area (Å²) < 4.78 is 20.9. The number of pyridine rings is 1. The molecule has 0 saturated carbocycles. The lowest BCUT2D eigenvalue weighted by molar-refractivity contribution is -0.117. The number of rotatable bonds is 20. The smallest absolute Gasteiger partial charge is 0.224 e. The summed E-state index contributed by atoms with van der Waals surface area (Å²) in [6.07, 6.45) is 8.27. The van der Waals surface area contributed by atoms with Gasteiger partial charge in [-0.1, -0.05) is 186 Å². The van der Waals surface area contributed by atoms with Gasteiger partial charge in [-0.05, 0) is 153 Å². The van der Waals surface area contributed by atoms with Gasteiger partial charge in [0, 0.05) is 95.3 Å². The summed E-state index contributed by atoms with van der Waals surface area (Å²) in [6.45, 7) is 26.3. The van der Waals surface area contributed by atoms with Crippen LogP contribution < -0.4 is 40.2 Å². The van der Waals surface area contributed by atoms with Crippen LogP contribution in [0.15, 0.2) is 194 Å². The first kappa shape index (κ1) is 76.9. The number of aromatic hydroxyl groups is 1. The van der Waals surface area contributed by atoms with Gasteiger partial charge in [0.15, 0.2) is 23.0 Å². The van der Waals surface area contributed by atoms with E-state index in [0.717, 1.165) is 57.1 Å². The number of aromatic amines is 1. The van der Waals surface area contributed by atoms with Crippen LogP contribution in [-0.2, 0) is 66.5 Å². The van der Waals surface area contributed by atoms with E-state index in [1.54, 1.807) is 51.8 Å². The molecule has 0 unspecified atom stereocenters. The lowest BCUT2D eigenvalue weighted by Crippen LogP contribution is -2.13. The van der Waals surface area contributed by atoms with Crippen LogP contribution in [0, 0.1) is 0 Å². The summed E-state index contributed by atoms with van der Waals surface area (Å²) >= 11 is 0. The fourth-order valence-electron chi connectivity index (χ4n) is 10.8. The third-order valence-electron chi connectivity index (χ3n) is 17.0. The fraction of sp³-hybridized carbons (Fsp3) is 0.329. The van der Waals surface area contributed by atoms with Crippen molar-refractivity contribution >= 4 is 68.2 Å². The van der Waals surface area contributed by atoms with Gasteiger partial charge in [0.1, 0.15) is 0 Å². The van der Waals surface area contributed by atoms with Crippen molar-refractivity contribution in [2.24, 2.45) is 0 Å². The lowest BCUT2D eigenvalue weighted by atomic mass is 9.86. The maximum atomic E-state index is 12.3. The number of aryl methyl sites for hydroxylation is 4. The summed E-state index contributed by atoms with van der Waals surface area (Å²) in [7, 11) is 6.12. The fourth-order valence-corrected chi connectivity index (χ4v) is 10.8. The van der Waals surface area contributed by atoms with Gasteiger partial charge in [0.25, 0.3) is 0 Å². The summed E-state index contributed by atoms with van der Waals surface area (Å²) in [6, 6.07) is 59.8. The Balaban J connectivity index is 0.000000187. The monoisotopic (exact) mass is 1350 g/mol. The van der Waals surface area contributed by atoms with Crippen molar-refractivity contribution in [3.8, 4) is 28.7 Å². The standard InChI is InChI=1S/C22H24N2O.C22H29NO4.C21H24N2O.C20H25NO3/c1-22(2,3)18-9-6-16(7-10-18)8-13-21(25)24-19-11-12-20-17(15-19)5-4-14-23-20;1-22(2,3)16-10-7-15(8-11-16)9-12-20(24)23-17-13-18(25-4)21(27-6)19(14-17)26-5;1-21(2,3)17-7-4-15(5-8-17)6-11-20(24)23-18-9-10-19-16(14-18)12-13-22-19;1-20(2,3)15-8-5-14(6-9-15)7-12-19(23)21-16-10-11-18(24-4)17(22)13-16/h4-7,9-12,14-15H,8,13H2,1-3H3,(H,24,25);7-8,10-11,13-14H,9,12H2,1-6H3,(H,23,24);4-5,7-10,12-14,22H,6,11H2,1-3H3,(H,23,24);5-6,8-11,13,22H,7,12H2,1-4H3,(H,21,23). The molecule has 0 saturated heterocycles. The highest BCUT2D eigenvalue weighted by molar-refractivity contribution is 5.95. The number of phenols is 1. The lowest BCUT2D eigenvalue weighted by Gasteiger charge is -2.19. The average molecular weight is 1350 g/mol. The van der Waals surface area contributed by atoms with Crippen molar-refractivity contribution in [3.63, 3.8) is 0 Å². The van der Waals surface area contributed by atoms with Crippen LogP contribution in [0.3, 0.4) is 0 Å². The Kier molecular flexibility index (Phi) is 27.2. The van der Waals surface area contributed by atoms with Crippen LogP contribution in [0.25, 0.3) is 21.8 Å². The van der Waals surface area contributed by atoms with Gasteiger partial charge in [-0.2, -0.15) is 0 Å². The normalized spacial score (nSPS) is 11.3. The maximum Gasteiger partial charge on any atom is 0.224 e. The van der Waals surface area contributed by atoms with Gasteiger partial charge in [-0.25, -0.2) is 0 Å². The van der Waals surface area contributed by atoms with E-state index < -0.39 is 0 Å². The van der Waals surface area contributed by atoms with E-state index in [1.807, 2.05) is 60.8 Å². The molecule has 0 fully saturated rings. The van der Waals surface area contributed by atoms with Crippen LogP contribution in [0.2, 0.25) is 0 Å². The second kappa shape index (κ2) is 35.4. The number of benzene rings is 8. The highest BCUT2D eigenvalue weighted by Gasteiger charge is 2.19. The van der Waals surface area contributed by atoms with E-state index in [4.69, 9.17) is 18.9 Å². The average Bonchev–Trinajstić information content (AvgIpc) is 1.93. The molecule has 10 aromatic rings. The van der Waals surface area contributed by atoms with Crippen molar-refractivity contribution < 1.29 is 43.2 Å². The van der Waals surface area contributed by atoms with E-state index in [-0.39, 0.29) is 51.0 Å². The Morgan fingerprint density at radius 2 is 0.730 bits per heavy atom. The SMILES string of the molecule is CC(C)(C)c1ccc(CCC(=O)Nc2ccc3[nH]ccc3c2)cc1.CC(C)(C)c1ccc(CCC(=O)Nc2ccc3ncccc3c2)cc1.COc1cc(NC(=O)CCc2ccc(C(C)(C)C)cc2)cc(OC)c1OC.COc1ccc(NC(=O)CCc2ccc(C(C)(C)C)cc2)cc1O. The van der Waals surface area contributed by atoms with Crippen LogP contribution in [0.5, 0.6) is 28.7 Å². The molecule has 0 atom stereocenters. The molecule has 0 aliphatic rings. The van der Waals surface area contributed by atoms with E-state index in [1.165, 1.54) is 46.6 Å². The Hall–Kier alpha value is -10.4. The minimum absolute atomic E-state index is 0.00747. The molecule has 2 heterocycles. The topological polar surface area (TPSA) is 202 Å². The van der Waals surface area contributed by atoms with Gasteiger partial charge in [-0.15, -0.1) is 0 Å². The molecule has 100 heavy (non-hydrogen) atoms.